The molecule has 96 valence electrons. The molecule has 0 fully saturated rings. The molecule has 0 aliphatic rings. The Labute approximate surface area is 124 Å². The molecule has 2 rings (SSSR count). The number of methoxy groups -OCH3 is 1. The van der Waals surface area contributed by atoms with Gasteiger partial charge in [0.25, 0.3) is 0 Å². The Balaban J connectivity index is 2.23. The Morgan fingerprint density at radius 1 is 1.39 bits per heavy atom. The third-order valence-corrected chi connectivity index (χ3v) is 4.15. The highest BCUT2D eigenvalue weighted by Gasteiger charge is 2.14. The van der Waals surface area contributed by atoms with Crippen molar-refractivity contribution in [3.05, 3.63) is 56.0 Å². The van der Waals surface area contributed by atoms with Crippen LogP contribution in [0.2, 0.25) is 5.02 Å². The lowest BCUT2D eigenvalue weighted by Crippen LogP contribution is -2.10. The second kappa shape index (κ2) is 6.06. The predicted molar refractivity (Wildman–Crippen MR) is 79.6 cm³/mol. The Morgan fingerprint density at radius 3 is 2.83 bits per heavy atom. The smallest absolute Gasteiger partial charge is 0.129 e. The number of halogens is 2. The number of nitrogens with two attached hydrogens (primary N) is 1. The van der Waals surface area contributed by atoms with Crippen LogP contribution in [0.3, 0.4) is 0 Å². The molecule has 1 aromatic carbocycles. The summed E-state index contributed by atoms with van der Waals surface area (Å²) in [6, 6.07) is 9.18. The summed E-state index contributed by atoms with van der Waals surface area (Å²) >= 11 is 8.27. The molecule has 2 aromatic rings. The molecule has 5 heteroatoms. The first-order chi connectivity index (χ1) is 8.61. The molecule has 1 aromatic heterocycles. The van der Waals surface area contributed by atoms with Gasteiger partial charge in [0.1, 0.15) is 18.1 Å². The van der Waals surface area contributed by atoms with Crippen LogP contribution in [0.15, 0.2) is 34.7 Å². The minimum Gasteiger partial charge on any atom is -0.462 e. The fourth-order valence-corrected chi connectivity index (χ4v) is 2.18. The van der Waals surface area contributed by atoms with E-state index >= 15 is 0 Å². The molecule has 1 atom stereocenters. The lowest BCUT2D eigenvalue weighted by atomic mass is 10.1. The van der Waals surface area contributed by atoms with Crippen molar-refractivity contribution in [1.82, 2.24) is 0 Å². The van der Waals surface area contributed by atoms with E-state index in [2.05, 4.69) is 22.6 Å². The van der Waals surface area contributed by atoms with Gasteiger partial charge in [0, 0.05) is 10.7 Å². The largest absolute Gasteiger partial charge is 0.462 e. The Hall–Kier alpha value is -0.560. The maximum absolute atomic E-state index is 6.15. The minimum atomic E-state index is -0.315. The third-order valence-electron chi connectivity index (χ3n) is 2.58. The molecular weight excluding hydrogens is 365 g/mol. The van der Waals surface area contributed by atoms with E-state index in [1.165, 1.54) is 0 Å². The van der Waals surface area contributed by atoms with Crippen molar-refractivity contribution in [2.75, 3.05) is 7.11 Å². The van der Waals surface area contributed by atoms with Gasteiger partial charge >= 0.3 is 0 Å². The zero-order valence-electron chi connectivity index (χ0n) is 9.82. The summed E-state index contributed by atoms with van der Waals surface area (Å²) in [6.07, 6.45) is 0. The summed E-state index contributed by atoms with van der Waals surface area (Å²) in [5.41, 5.74) is 7.08. The van der Waals surface area contributed by atoms with Crippen LogP contribution in [-0.4, -0.2) is 7.11 Å². The van der Waals surface area contributed by atoms with Crippen molar-refractivity contribution in [1.29, 1.82) is 0 Å². The lowest BCUT2D eigenvalue weighted by Gasteiger charge is -2.10. The second-order valence-corrected chi connectivity index (χ2v) is 5.46. The third kappa shape index (κ3) is 3.06. The normalized spacial score (nSPS) is 12.7. The number of ether oxygens (including phenoxy) is 1. The molecule has 0 saturated heterocycles. The summed E-state index contributed by atoms with van der Waals surface area (Å²) in [7, 11) is 1.63. The van der Waals surface area contributed by atoms with Gasteiger partial charge in [0.15, 0.2) is 0 Å². The van der Waals surface area contributed by atoms with Crippen molar-refractivity contribution >= 4 is 34.2 Å². The molecule has 18 heavy (non-hydrogen) atoms. The highest BCUT2D eigenvalue weighted by molar-refractivity contribution is 14.1. The van der Waals surface area contributed by atoms with E-state index in [1.54, 1.807) is 7.11 Å². The van der Waals surface area contributed by atoms with Crippen LogP contribution >= 0.6 is 34.2 Å². The predicted octanol–water partition coefficient (Wildman–Crippen LogP) is 3.73. The van der Waals surface area contributed by atoms with Gasteiger partial charge in [-0.15, -0.1) is 0 Å². The minimum absolute atomic E-state index is 0.315. The monoisotopic (exact) mass is 377 g/mol. The maximum atomic E-state index is 6.15. The number of hydrogen-bond acceptors (Lipinski definition) is 3. The van der Waals surface area contributed by atoms with E-state index < -0.39 is 0 Å². The molecule has 0 aliphatic carbocycles. The van der Waals surface area contributed by atoms with Gasteiger partial charge in [-0.3, -0.25) is 0 Å². The van der Waals surface area contributed by atoms with Crippen molar-refractivity contribution in [2.45, 2.75) is 12.6 Å². The first-order valence-corrected chi connectivity index (χ1v) is 6.85. The number of benzene rings is 1. The zero-order chi connectivity index (χ0) is 13.1. The van der Waals surface area contributed by atoms with Gasteiger partial charge in [0.2, 0.25) is 0 Å². The molecule has 0 amide bonds. The topological polar surface area (TPSA) is 48.4 Å². The van der Waals surface area contributed by atoms with E-state index in [0.29, 0.717) is 17.4 Å². The Kier molecular flexibility index (Phi) is 4.66. The van der Waals surface area contributed by atoms with Gasteiger partial charge < -0.3 is 14.9 Å². The summed E-state index contributed by atoms with van der Waals surface area (Å²) in [4.78, 5) is 0. The van der Waals surface area contributed by atoms with Crippen LogP contribution in [0.4, 0.5) is 0 Å². The van der Waals surface area contributed by atoms with E-state index in [0.717, 1.165) is 14.9 Å². The number of furan rings is 1. The van der Waals surface area contributed by atoms with Crippen molar-refractivity contribution in [2.24, 2.45) is 5.73 Å². The maximum Gasteiger partial charge on any atom is 0.129 e. The molecule has 0 saturated carbocycles. The van der Waals surface area contributed by atoms with Crippen molar-refractivity contribution in [3.8, 4) is 0 Å². The average molecular weight is 378 g/mol. The molecule has 2 N–H and O–H groups in total. The summed E-state index contributed by atoms with van der Waals surface area (Å²) < 4.78 is 11.6. The first kappa shape index (κ1) is 13.9. The molecule has 1 heterocycles. The molecule has 1 unspecified atom stereocenters. The van der Waals surface area contributed by atoms with Crippen LogP contribution in [0.1, 0.15) is 23.1 Å². The quantitative estimate of drug-likeness (QED) is 0.826. The molecule has 3 nitrogen and oxygen atoms in total. The van der Waals surface area contributed by atoms with Gasteiger partial charge in [-0.05, 0) is 52.4 Å². The standard InChI is InChI=1S/C13H13ClINO2/c1-17-7-9-3-5-12(18-9)13(16)8-2-4-11(15)10(14)6-8/h2-6,13H,7,16H2,1H3. The summed E-state index contributed by atoms with van der Waals surface area (Å²) in [5.74, 6) is 1.47. The highest BCUT2D eigenvalue weighted by atomic mass is 127. The zero-order valence-corrected chi connectivity index (χ0v) is 12.7. The van der Waals surface area contributed by atoms with Gasteiger partial charge in [0.05, 0.1) is 11.1 Å². The lowest BCUT2D eigenvalue weighted by molar-refractivity contribution is 0.162. The van der Waals surface area contributed by atoms with E-state index in [1.807, 2.05) is 30.3 Å². The van der Waals surface area contributed by atoms with Crippen molar-refractivity contribution < 1.29 is 9.15 Å². The molecule has 0 bridgehead atoms. The summed E-state index contributed by atoms with van der Waals surface area (Å²) in [6.45, 7) is 0.445. The van der Waals surface area contributed by atoms with Crippen LogP contribution in [-0.2, 0) is 11.3 Å². The average Bonchev–Trinajstić information content (AvgIpc) is 2.81. The van der Waals surface area contributed by atoms with Gasteiger partial charge in [-0.25, -0.2) is 0 Å². The van der Waals surface area contributed by atoms with Gasteiger partial charge in [-0.1, -0.05) is 17.7 Å². The van der Waals surface area contributed by atoms with Crippen LogP contribution in [0, 0.1) is 3.57 Å². The van der Waals surface area contributed by atoms with E-state index in [9.17, 15) is 0 Å². The van der Waals surface area contributed by atoms with Crippen LogP contribution in [0.5, 0.6) is 0 Å². The molecular formula is C13H13ClINO2. The SMILES string of the molecule is COCc1ccc(C(N)c2ccc(I)c(Cl)c2)o1. The number of hydrogen-bond donors (Lipinski definition) is 1. The molecule has 0 radical (unpaired) electrons. The second-order valence-electron chi connectivity index (χ2n) is 3.89. The van der Waals surface area contributed by atoms with Crippen molar-refractivity contribution in [3.63, 3.8) is 0 Å². The van der Waals surface area contributed by atoms with E-state index in [-0.39, 0.29) is 6.04 Å². The Morgan fingerprint density at radius 2 is 2.17 bits per heavy atom. The highest BCUT2D eigenvalue weighted by Crippen LogP contribution is 2.26. The summed E-state index contributed by atoms with van der Waals surface area (Å²) in [5, 5.41) is 0.701. The fourth-order valence-electron chi connectivity index (χ4n) is 1.65. The van der Waals surface area contributed by atoms with Crippen LogP contribution in [0.25, 0.3) is 0 Å². The van der Waals surface area contributed by atoms with Crippen LogP contribution < -0.4 is 5.73 Å². The number of rotatable bonds is 4. The molecule has 0 spiro atoms. The first-order valence-electron chi connectivity index (χ1n) is 5.40. The fraction of sp³-hybridized carbons (Fsp3) is 0.231. The Bertz CT molecular complexity index is 542. The molecule has 0 aliphatic heterocycles. The van der Waals surface area contributed by atoms with Gasteiger partial charge in [-0.2, -0.15) is 0 Å². The van der Waals surface area contributed by atoms with E-state index in [4.69, 9.17) is 26.5 Å².